The number of nitrogens with zero attached hydrogens (tertiary/aromatic N) is 2. The Hall–Kier alpha value is -3.00. The molecule has 0 radical (unpaired) electrons. The number of carboxylic acids is 1. The van der Waals surface area contributed by atoms with Crippen LogP contribution >= 0.6 is 0 Å². The fraction of sp³-hybridized carbons (Fsp3) is 0.294. The van der Waals surface area contributed by atoms with E-state index >= 15 is 0 Å². The van der Waals surface area contributed by atoms with Gasteiger partial charge in [0.1, 0.15) is 0 Å². The molecule has 0 aliphatic carbocycles. The Morgan fingerprint density at radius 3 is 2.88 bits per heavy atom. The van der Waals surface area contributed by atoms with Gasteiger partial charge in [0.2, 0.25) is 5.91 Å². The largest absolute Gasteiger partial charge is 0.480 e. The van der Waals surface area contributed by atoms with Crippen molar-refractivity contribution in [2.75, 3.05) is 13.2 Å². The molecule has 1 aromatic carbocycles. The molecular formula is C17H19N3O5. The van der Waals surface area contributed by atoms with Crippen LogP contribution in [0.2, 0.25) is 0 Å². The first kappa shape index (κ1) is 18.3. The smallest absolute Gasteiger partial charge is 0.328 e. The summed E-state index contributed by atoms with van der Waals surface area (Å²) in [4.78, 5) is 39.6. The molecule has 132 valence electrons. The number of aromatic nitrogens is 2. The number of carbonyl (C=O) groups excluding carboxylic acids is 1. The van der Waals surface area contributed by atoms with Crippen LogP contribution in [0.5, 0.6) is 0 Å². The molecule has 0 fully saturated rings. The number of nitrogens with one attached hydrogen (secondary N) is 1. The Labute approximate surface area is 143 Å². The number of carbonyl (C=O) groups is 2. The van der Waals surface area contributed by atoms with Crippen molar-refractivity contribution >= 4 is 22.8 Å². The minimum absolute atomic E-state index is 0.0504. The third-order valence-corrected chi connectivity index (χ3v) is 3.46. The monoisotopic (exact) mass is 345 g/mol. The number of hydrogen-bond acceptors (Lipinski definition) is 5. The van der Waals surface area contributed by atoms with Crippen molar-refractivity contribution in [3.05, 3.63) is 53.6 Å². The summed E-state index contributed by atoms with van der Waals surface area (Å²) in [6.45, 7) is 3.59. The first-order chi connectivity index (χ1) is 12.0. The van der Waals surface area contributed by atoms with Gasteiger partial charge in [-0.2, -0.15) is 0 Å². The van der Waals surface area contributed by atoms with Crippen molar-refractivity contribution in [2.45, 2.75) is 19.0 Å². The summed E-state index contributed by atoms with van der Waals surface area (Å²) in [5, 5.41) is 11.9. The summed E-state index contributed by atoms with van der Waals surface area (Å²) in [5.74, 6) is -1.68. The predicted molar refractivity (Wildman–Crippen MR) is 91.2 cm³/mol. The number of rotatable bonds is 9. The van der Waals surface area contributed by atoms with E-state index in [0.717, 1.165) is 0 Å². The molecule has 1 aromatic heterocycles. The first-order valence-electron chi connectivity index (χ1n) is 7.68. The van der Waals surface area contributed by atoms with Crippen molar-refractivity contribution in [1.82, 2.24) is 14.9 Å². The second kappa shape index (κ2) is 8.74. The van der Waals surface area contributed by atoms with Gasteiger partial charge >= 0.3 is 5.97 Å². The molecule has 8 heteroatoms. The molecule has 0 bridgehead atoms. The molecule has 2 N–H and O–H groups in total. The zero-order valence-corrected chi connectivity index (χ0v) is 13.6. The van der Waals surface area contributed by atoms with E-state index in [9.17, 15) is 14.4 Å². The maximum atomic E-state index is 12.3. The van der Waals surface area contributed by atoms with Gasteiger partial charge in [-0.1, -0.05) is 18.2 Å². The summed E-state index contributed by atoms with van der Waals surface area (Å²) in [5.41, 5.74) is 0.334. The molecule has 1 unspecified atom stereocenters. The summed E-state index contributed by atoms with van der Waals surface area (Å²) >= 11 is 0. The van der Waals surface area contributed by atoms with Gasteiger partial charge in [-0.05, 0) is 12.1 Å². The third-order valence-electron chi connectivity index (χ3n) is 3.46. The van der Waals surface area contributed by atoms with E-state index in [1.165, 1.54) is 17.0 Å². The maximum Gasteiger partial charge on any atom is 0.328 e. The summed E-state index contributed by atoms with van der Waals surface area (Å²) in [6, 6.07) is 5.77. The molecular weight excluding hydrogens is 326 g/mol. The normalized spacial score (nSPS) is 11.8. The summed E-state index contributed by atoms with van der Waals surface area (Å²) in [7, 11) is 0. The lowest BCUT2D eigenvalue weighted by Crippen LogP contribution is -2.44. The molecule has 25 heavy (non-hydrogen) atoms. The molecule has 1 amide bonds. The zero-order chi connectivity index (χ0) is 18.2. The minimum Gasteiger partial charge on any atom is -0.480 e. The molecule has 0 aliphatic rings. The number of hydrogen-bond donors (Lipinski definition) is 2. The van der Waals surface area contributed by atoms with Crippen molar-refractivity contribution in [1.29, 1.82) is 0 Å². The van der Waals surface area contributed by atoms with E-state index in [1.54, 1.807) is 24.3 Å². The SMILES string of the molecule is C=CCOCC(NC(=O)CCn1cnc2ccccc2c1=O)C(=O)O. The number of carboxylic acid groups (broad SMARTS) is 1. The van der Waals surface area contributed by atoms with Crippen molar-refractivity contribution in [3.63, 3.8) is 0 Å². The van der Waals surface area contributed by atoms with Crippen LogP contribution in [0, 0.1) is 0 Å². The van der Waals surface area contributed by atoms with Crippen LogP contribution in [-0.2, 0) is 20.9 Å². The average Bonchev–Trinajstić information content (AvgIpc) is 2.60. The fourth-order valence-electron chi connectivity index (χ4n) is 2.20. The van der Waals surface area contributed by atoms with Gasteiger partial charge in [0, 0.05) is 13.0 Å². The van der Waals surface area contributed by atoms with E-state index < -0.39 is 17.9 Å². The molecule has 8 nitrogen and oxygen atoms in total. The van der Waals surface area contributed by atoms with Gasteiger partial charge in [-0.15, -0.1) is 6.58 Å². The predicted octanol–water partition coefficient (Wildman–Crippen LogP) is 0.559. The van der Waals surface area contributed by atoms with Crippen LogP contribution in [0.25, 0.3) is 10.9 Å². The van der Waals surface area contributed by atoms with E-state index in [4.69, 9.17) is 9.84 Å². The molecule has 1 heterocycles. The summed E-state index contributed by atoms with van der Waals surface area (Å²) < 4.78 is 6.38. The Morgan fingerprint density at radius 2 is 2.16 bits per heavy atom. The number of para-hydroxylation sites is 1. The summed E-state index contributed by atoms with van der Waals surface area (Å²) in [6.07, 6.45) is 2.81. The second-order valence-corrected chi connectivity index (χ2v) is 5.29. The van der Waals surface area contributed by atoms with Gasteiger partial charge in [-0.3, -0.25) is 14.2 Å². The quantitative estimate of drug-likeness (QED) is 0.507. The number of benzene rings is 1. The highest BCUT2D eigenvalue weighted by molar-refractivity contribution is 5.83. The van der Waals surface area contributed by atoms with E-state index in [1.807, 2.05) is 0 Å². The van der Waals surface area contributed by atoms with E-state index in [2.05, 4.69) is 16.9 Å². The maximum absolute atomic E-state index is 12.3. The van der Waals surface area contributed by atoms with Crippen LogP contribution in [-0.4, -0.2) is 45.8 Å². The van der Waals surface area contributed by atoms with Gasteiger partial charge in [0.05, 0.1) is 30.4 Å². The number of aryl methyl sites for hydroxylation is 1. The molecule has 0 aliphatic heterocycles. The number of amides is 1. The Balaban J connectivity index is 1.97. The van der Waals surface area contributed by atoms with Crippen LogP contribution < -0.4 is 10.9 Å². The fourth-order valence-corrected chi connectivity index (χ4v) is 2.20. The van der Waals surface area contributed by atoms with Crippen molar-refractivity contribution in [3.8, 4) is 0 Å². The van der Waals surface area contributed by atoms with E-state index in [0.29, 0.717) is 10.9 Å². The van der Waals surface area contributed by atoms with Gasteiger partial charge in [0.25, 0.3) is 5.56 Å². The first-order valence-corrected chi connectivity index (χ1v) is 7.68. The van der Waals surface area contributed by atoms with Gasteiger partial charge in [0.15, 0.2) is 6.04 Å². The van der Waals surface area contributed by atoms with Crippen molar-refractivity contribution in [2.24, 2.45) is 0 Å². The second-order valence-electron chi connectivity index (χ2n) is 5.29. The highest BCUT2D eigenvalue weighted by Gasteiger charge is 2.20. The molecule has 1 atom stereocenters. The third kappa shape index (κ3) is 4.98. The molecule has 2 aromatic rings. The molecule has 0 spiro atoms. The lowest BCUT2D eigenvalue weighted by molar-refractivity contribution is -0.143. The lowest BCUT2D eigenvalue weighted by Gasteiger charge is -2.14. The molecule has 2 rings (SSSR count). The molecule has 0 saturated heterocycles. The highest BCUT2D eigenvalue weighted by Crippen LogP contribution is 2.04. The average molecular weight is 345 g/mol. The van der Waals surface area contributed by atoms with E-state index in [-0.39, 0.29) is 31.7 Å². The lowest BCUT2D eigenvalue weighted by atomic mass is 10.2. The topological polar surface area (TPSA) is 111 Å². The standard InChI is InChI=1S/C17H19N3O5/c1-2-9-25-10-14(17(23)24)19-15(21)7-8-20-11-18-13-6-4-3-5-12(13)16(20)22/h2-6,11,14H,1,7-10H2,(H,19,21)(H,23,24). The zero-order valence-electron chi connectivity index (χ0n) is 13.6. The van der Waals surface area contributed by atoms with Crippen LogP contribution in [0.4, 0.5) is 0 Å². The number of aliphatic carboxylic acids is 1. The van der Waals surface area contributed by atoms with Gasteiger partial charge < -0.3 is 15.2 Å². The number of fused-ring (bicyclic) bond motifs is 1. The Morgan fingerprint density at radius 1 is 1.40 bits per heavy atom. The number of ether oxygens (including phenoxy) is 1. The highest BCUT2D eigenvalue weighted by atomic mass is 16.5. The van der Waals surface area contributed by atoms with Crippen LogP contribution in [0.1, 0.15) is 6.42 Å². The minimum atomic E-state index is -1.19. The van der Waals surface area contributed by atoms with Crippen LogP contribution in [0.15, 0.2) is 48.0 Å². The molecule has 0 saturated carbocycles. The Kier molecular flexibility index (Phi) is 6.41. The Bertz CT molecular complexity index is 830. The van der Waals surface area contributed by atoms with Crippen LogP contribution in [0.3, 0.4) is 0 Å². The van der Waals surface area contributed by atoms with Gasteiger partial charge in [-0.25, -0.2) is 9.78 Å². The van der Waals surface area contributed by atoms with Crippen molar-refractivity contribution < 1.29 is 19.4 Å².